The van der Waals surface area contributed by atoms with E-state index >= 15 is 4.79 Å². The standard InChI is InChI=1S/C39H29Cl2F3N4O5/c1-46(33-28(41)16-17-30(45-33)39(42,43)44)48-34(50)25-15-14-23-26(31(25)36(48)52)19-27-35(51)47(22-11-7-10-21(40)18-22)37(53)38(27,20-8-3-2-4-9-20)32(23)24-12-5-6-13-29(24)49/h2-14,16-18,25-27,31-32,49H,15,19H2,1H3/t25-,26+,27-,31-,32+,38+/m0/s1. The predicted molar refractivity (Wildman–Crippen MR) is 189 cm³/mol. The topological polar surface area (TPSA) is 111 Å². The van der Waals surface area contributed by atoms with Crippen molar-refractivity contribution in [1.82, 2.24) is 9.99 Å². The first-order valence-electron chi connectivity index (χ1n) is 16.8. The van der Waals surface area contributed by atoms with Crippen molar-refractivity contribution in [2.45, 2.75) is 30.4 Å². The molecule has 2 saturated heterocycles. The molecular formula is C39H29Cl2F3N4O5. The Morgan fingerprint density at radius 2 is 1.58 bits per heavy atom. The Bertz CT molecular complexity index is 2250. The van der Waals surface area contributed by atoms with Gasteiger partial charge in [-0.3, -0.25) is 24.2 Å². The number of allylic oxidation sites excluding steroid dienone is 2. The number of hydrogen-bond acceptors (Lipinski definition) is 7. The molecule has 0 radical (unpaired) electrons. The zero-order valence-corrected chi connectivity index (χ0v) is 29.3. The van der Waals surface area contributed by atoms with Gasteiger partial charge in [-0.1, -0.05) is 89.4 Å². The molecule has 1 saturated carbocycles. The molecule has 0 spiro atoms. The predicted octanol–water partition coefficient (Wildman–Crippen LogP) is 7.33. The number of imide groups is 2. The van der Waals surface area contributed by atoms with Crippen LogP contribution in [0.2, 0.25) is 10.0 Å². The van der Waals surface area contributed by atoms with Crippen LogP contribution in [0.5, 0.6) is 5.75 Å². The number of para-hydroxylation sites is 1. The lowest BCUT2D eigenvalue weighted by atomic mass is 9.49. The highest BCUT2D eigenvalue weighted by molar-refractivity contribution is 6.33. The first-order chi connectivity index (χ1) is 25.3. The molecular weight excluding hydrogens is 732 g/mol. The highest BCUT2D eigenvalue weighted by Crippen LogP contribution is 2.65. The number of carbonyl (C=O) groups excluding carboxylic acids is 4. The van der Waals surface area contributed by atoms with Crippen LogP contribution < -0.4 is 9.91 Å². The summed E-state index contributed by atoms with van der Waals surface area (Å²) >= 11 is 12.6. The second kappa shape index (κ2) is 12.4. The number of nitrogens with zero attached hydrogens (tertiary/aromatic N) is 4. The molecule has 0 unspecified atom stereocenters. The van der Waals surface area contributed by atoms with Crippen molar-refractivity contribution in [3.05, 3.63) is 130 Å². The minimum Gasteiger partial charge on any atom is -0.508 e. The van der Waals surface area contributed by atoms with E-state index in [1.165, 1.54) is 19.2 Å². The van der Waals surface area contributed by atoms with Crippen molar-refractivity contribution in [3.63, 3.8) is 0 Å². The molecule has 9 nitrogen and oxygen atoms in total. The summed E-state index contributed by atoms with van der Waals surface area (Å²) < 4.78 is 40.9. The fourth-order valence-corrected chi connectivity index (χ4v) is 9.42. The summed E-state index contributed by atoms with van der Waals surface area (Å²) in [5.74, 6) is -7.82. The number of phenols is 1. The van der Waals surface area contributed by atoms with Gasteiger partial charge in [0.05, 0.1) is 33.9 Å². The average Bonchev–Trinajstić information content (AvgIpc) is 3.52. The summed E-state index contributed by atoms with van der Waals surface area (Å²) in [6.45, 7) is 0. The molecule has 4 aliphatic rings. The number of amides is 4. The lowest BCUT2D eigenvalue weighted by molar-refractivity contribution is -0.141. The van der Waals surface area contributed by atoms with E-state index in [0.29, 0.717) is 27.8 Å². The number of phenolic OH excluding ortho intramolecular Hbond substituents is 1. The number of hydrazine groups is 1. The van der Waals surface area contributed by atoms with Crippen LogP contribution >= 0.6 is 23.2 Å². The van der Waals surface area contributed by atoms with Gasteiger partial charge in [0.1, 0.15) is 11.4 Å². The van der Waals surface area contributed by atoms with Crippen LogP contribution in [-0.4, -0.2) is 45.8 Å². The van der Waals surface area contributed by atoms with Gasteiger partial charge in [0, 0.05) is 23.6 Å². The third-order valence-electron chi connectivity index (χ3n) is 11.1. The molecule has 53 heavy (non-hydrogen) atoms. The van der Waals surface area contributed by atoms with Gasteiger partial charge in [0.25, 0.3) is 11.8 Å². The second-order valence-corrected chi connectivity index (χ2v) is 14.5. The Labute approximate surface area is 311 Å². The molecule has 270 valence electrons. The Morgan fingerprint density at radius 3 is 2.28 bits per heavy atom. The number of halogens is 5. The van der Waals surface area contributed by atoms with Crippen LogP contribution in [0.1, 0.15) is 35.6 Å². The van der Waals surface area contributed by atoms with Crippen LogP contribution in [0.3, 0.4) is 0 Å². The molecule has 2 aliphatic heterocycles. The van der Waals surface area contributed by atoms with Gasteiger partial charge in [-0.15, -0.1) is 0 Å². The number of alkyl halides is 3. The molecule has 3 heterocycles. The lowest BCUT2D eigenvalue weighted by Gasteiger charge is -2.50. The molecule has 4 amide bonds. The van der Waals surface area contributed by atoms with Gasteiger partial charge in [-0.2, -0.15) is 18.2 Å². The zero-order valence-electron chi connectivity index (χ0n) is 27.8. The Hall–Kier alpha value is -5.20. The number of rotatable bonds is 5. The molecule has 4 aromatic rings. The van der Waals surface area contributed by atoms with Crippen molar-refractivity contribution in [3.8, 4) is 5.75 Å². The van der Waals surface area contributed by atoms with Gasteiger partial charge in [-0.25, -0.2) is 9.88 Å². The maximum atomic E-state index is 15.2. The first-order valence-corrected chi connectivity index (χ1v) is 17.5. The van der Waals surface area contributed by atoms with Crippen LogP contribution in [0, 0.1) is 23.7 Å². The smallest absolute Gasteiger partial charge is 0.433 e. The highest BCUT2D eigenvalue weighted by Gasteiger charge is 2.70. The van der Waals surface area contributed by atoms with E-state index in [0.717, 1.165) is 21.0 Å². The number of carbonyl (C=O) groups is 4. The van der Waals surface area contributed by atoms with Crippen LogP contribution in [0.25, 0.3) is 0 Å². The first kappa shape index (κ1) is 34.9. The third-order valence-corrected chi connectivity index (χ3v) is 11.6. The van der Waals surface area contributed by atoms with Crippen molar-refractivity contribution in [2.24, 2.45) is 23.7 Å². The maximum Gasteiger partial charge on any atom is 0.433 e. The molecule has 8 rings (SSSR count). The minimum absolute atomic E-state index is 0.0211. The number of hydrogen-bond donors (Lipinski definition) is 1. The number of aromatic nitrogens is 1. The van der Waals surface area contributed by atoms with Crippen LogP contribution in [0.4, 0.5) is 24.7 Å². The number of pyridine rings is 1. The largest absolute Gasteiger partial charge is 0.508 e. The average molecular weight is 762 g/mol. The molecule has 14 heteroatoms. The summed E-state index contributed by atoms with van der Waals surface area (Å²) in [5.41, 5.74) is -1.10. The summed E-state index contributed by atoms with van der Waals surface area (Å²) in [6, 6.07) is 23.4. The van der Waals surface area contributed by atoms with E-state index in [4.69, 9.17) is 23.2 Å². The van der Waals surface area contributed by atoms with Crippen molar-refractivity contribution in [1.29, 1.82) is 0 Å². The number of fused-ring (bicyclic) bond motifs is 4. The molecule has 0 bridgehead atoms. The monoisotopic (exact) mass is 760 g/mol. The maximum absolute atomic E-state index is 15.2. The SMILES string of the molecule is CN(c1nc(C(F)(F)F)ccc1Cl)N1C(=O)[C@H]2[C@H](CC=C3[C@H]2C[C@H]2C(=O)N(c4cccc(Cl)c4)C(=O)[C@@]2(c2ccccc2)[C@H]3c2ccccc2O)C1=O. The summed E-state index contributed by atoms with van der Waals surface area (Å²) in [4.78, 5) is 63.5. The van der Waals surface area contributed by atoms with Crippen molar-refractivity contribution >= 4 is 58.3 Å². The number of aromatic hydroxyl groups is 1. The minimum atomic E-state index is -4.82. The van der Waals surface area contributed by atoms with E-state index in [2.05, 4.69) is 4.98 Å². The lowest BCUT2D eigenvalue weighted by Crippen LogP contribution is -2.53. The normalized spacial score (nSPS) is 26.7. The molecule has 1 aromatic heterocycles. The van der Waals surface area contributed by atoms with Crippen molar-refractivity contribution in [2.75, 3.05) is 17.0 Å². The Morgan fingerprint density at radius 1 is 0.868 bits per heavy atom. The molecule has 2 aliphatic carbocycles. The zero-order chi connectivity index (χ0) is 37.6. The van der Waals surface area contributed by atoms with Gasteiger partial charge < -0.3 is 5.11 Å². The molecule has 3 fully saturated rings. The molecule has 6 atom stereocenters. The van der Waals surface area contributed by atoms with Gasteiger partial charge in [-0.05, 0) is 60.7 Å². The van der Waals surface area contributed by atoms with E-state index in [9.17, 15) is 32.7 Å². The fourth-order valence-electron chi connectivity index (χ4n) is 9.01. The molecule has 1 N–H and O–H groups in total. The summed E-state index contributed by atoms with van der Waals surface area (Å²) in [6.07, 6.45) is -2.98. The van der Waals surface area contributed by atoms with Gasteiger partial charge in [0.2, 0.25) is 11.8 Å². The van der Waals surface area contributed by atoms with Crippen LogP contribution in [-0.2, 0) is 30.8 Å². The van der Waals surface area contributed by atoms with Gasteiger partial charge in [0.15, 0.2) is 5.82 Å². The van der Waals surface area contributed by atoms with E-state index in [1.54, 1.807) is 66.7 Å². The van der Waals surface area contributed by atoms with Crippen molar-refractivity contribution < 1.29 is 37.5 Å². The van der Waals surface area contributed by atoms with Crippen LogP contribution in [0.15, 0.2) is 103 Å². The van der Waals surface area contributed by atoms with E-state index in [-0.39, 0.29) is 29.3 Å². The highest BCUT2D eigenvalue weighted by atomic mass is 35.5. The second-order valence-electron chi connectivity index (χ2n) is 13.7. The number of anilines is 2. The Kier molecular flexibility index (Phi) is 8.19. The molecule has 3 aromatic carbocycles. The van der Waals surface area contributed by atoms with E-state index in [1.807, 2.05) is 6.08 Å². The Balaban J connectivity index is 1.29. The summed E-state index contributed by atoms with van der Waals surface area (Å²) in [7, 11) is 1.24. The number of benzene rings is 3. The van der Waals surface area contributed by atoms with Gasteiger partial charge >= 0.3 is 6.18 Å². The quantitative estimate of drug-likeness (QED) is 0.168. The summed E-state index contributed by atoms with van der Waals surface area (Å²) in [5, 5.41) is 13.2. The van der Waals surface area contributed by atoms with E-state index < -0.39 is 76.3 Å². The third kappa shape index (κ3) is 5.09. The fraction of sp³-hybridized carbons (Fsp3) is 0.256.